The van der Waals surface area contributed by atoms with Crippen molar-refractivity contribution in [3.63, 3.8) is 0 Å². The largest absolute Gasteiger partial charge is 0.383 e. The first-order valence-corrected chi connectivity index (χ1v) is 5.51. The van der Waals surface area contributed by atoms with Crippen LogP contribution in [0.4, 0.5) is 11.6 Å². The molecule has 15 heavy (non-hydrogen) atoms. The van der Waals surface area contributed by atoms with Crippen LogP contribution in [0.3, 0.4) is 0 Å². The van der Waals surface area contributed by atoms with Crippen LogP contribution < -0.4 is 10.6 Å². The fraction of sp³-hybridized carbons (Fsp3) is 0.556. The molecule has 0 spiro atoms. The van der Waals surface area contributed by atoms with Gasteiger partial charge >= 0.3 is 0 Å². The lowest BCUT2D eigenvalue weighted by atomic mass is 10.4. The highest BCUT2D eigenvalue weighted by Gasteiger charge is 2.09. The number of anilines is 2. The predicted molar refractivity (Wildman–Crippen MR) is 63.9 cm³/mol. The lowest BCUT2D eigenvalue weighted by molar-refractivity contribution is 0.154. The summed E-state index contributed by atoms with van der Waals surface area (Å²) in [7, 11) is 1.94. The van der Waals surface area contributed by atoms with Crippen molar-refractivity contribution in [1.82, 2.24) is 9.97 Å². The van der Waals surface area contributed by atoms with E-state index in [0.29, 0.717) is 12.4 Å². The summed E-state index contributed by atoms with van der Waals surface area (Å²) < 4.78 is 5.99. The summed E-state index contributed by atoms with van der Waals surface area (Å²) in [6.45, 7) is 4.13. The van der Waals surface area contributed by atoms with E-state index in [1.54, 1.807) is 0 Å². The van der Waals surface area contributed by atoms with E-state index in [4.69, 9.17) is 10.5 Å². The first-order chi connectivity index (χ1) is 7.16. The molecule has 0 atom stereocenters. The summed E-state index contributed by atoms with van der Waals surface area (Å²) >= 11 is 3.36. The lowest BCUT2D eigenvalue weighted by Crippen LogP contribution is -2.24. The molecule has 1 heterocycles. The second-order valence-corrected chi connectivity index (χ2v) is 3.81. The smallest absolute Gasteiger partial charge is 0.148 e. The Morgan fingerprint density at radius 2 is 2.27 bits per heavy atom. The standard InChI is InChI=1S/C9H15BrN4O/c1-3-15-5-4-14(2)9-7(10)8(11)12-6-13-9/h6H,3-5H2,1-2H3,(H2,11,12,13). The SMILES string of the molecule is CCOCCN(C)c1ncnc(N)c1Br. The Morgan fingerprint density at radius 1 is 1.53 bits per heavy atom. The molecule has 0 saturated carbocycles. The molecule has 0 amide bonds. The highest BCUT2D eigenvalue weighted by atomic mass is 79.9. The van der Waals surface area contributed by atoms with Crippen molar-refractivity contribution in [1.29, 1.82) is 0 Å². The van der Waals surface area contributed by atoms with Crippen molar-refractivity contribution in [2.24, 2.45) is 0 Å². The summed E-state index contributed by atoms with van der Waals surface area (Å²) in [6, 6.07) is 0. The minimum atomic E-state index is 0.447. The van der Waals surface area contributed by atoms with Gasteiger partial charge in [0.1, 0.15) is 22.4 Å². The van der Waals surface area contributed by atoms with Crippen molar-refractivity contribution in [2.75, 3.05) is 37.4 Å². The maximum atomic E-state index is 5.66. The quantitative estimate of drug-likeness (QED) is 0.820. The van der Waals surface area contributed by atoms with Gasteiger partial charge in [0.2, 0.25) is 0 Å². The Balaban J connectivity index is 2.65. The second-order valence-electron chi connectivity index (χ2n) is 3.01. The molecular formula is C9H15BrN4O. The zero-order chi connectivity index (χ0) is 11.3. The van der Waals surface area contributed by atoms with E-state index in [9.17, 15) is 0 Å². The summed E-state index contributed by atoms with van der Waals surface area (Å²) in [4.78, 5) is 10.0. The molecule has 1 aromatic heterocycles. The number of hydrogen-bond donors (Lipinski definition) is 1. The van der Waals surface area contributed by atoms with E-state index in [0.717, 1.165) is 23.4 Å². The minimum absolute atomic E-state index is 0.447. The van der Waals surface area contributed by atoms with Crippen molar-refractivity contribution in [2.45, 2.75) is 6.92 Å². The molecule has 0 saturated heterocycles. The molecule has 0 fully saturated rings. The Morgan fingerprint density at radius 3 is 2.93 bits per heavy atom. The zero-order valence-corrected chi connectivity index (χ0v) is 10.5. The average Bonchev–Trinajstić information content (AvgIpc) is 2.22. The normalized spacial score (nSPS) is 10.3. The number of nitrogens with zero attached hydrogens (tertiary/aromatic N) is 3. The van der Waals surface area contributed by atoms with Gasteiger partial charge in [0, 0.05) is 20.2 Å². The van der Waals surface area contributed by atoms with E-state index in [1.807, 2.05) is 18.9 Å². The number of nitrogens with two attached hydrogens (primary N) is 1. The maximum Gasteiger partial charge on any atom is 0.148 e. The number of aromatic nitrogens is 2. The topological polar surface area (TPSA) is 64.3 Å². The Bertz CT molecular complexity index is 321. The zero-order valence-electron chi connectivity index (χ0n) is 8.90. The van der Waals surface area contributed by atoms with E-state index < -0.39 is 0 Å². The van der Waals surface area contributed by atoms with Gasteiger partial charge in [-0.15, -0.1) is 0 Å². The Labute approximate surface area is 97.8 Å². The van der Waals surface area contributed by atoms with Crippen molar-refractivity contribution >= 4 is 27.6 Å². The van der Waals surface area contributed by atoms with Gasteiger partial charge in [-0.2, -0.15) is 0 Å². The van der Waals surface area contributed by atoms with Crippen LogP contribution in [-0.4, -0.2) is 36.8 Å². The molecule has 0 unspecified atom stereocenters. The average molecular weight is 275 g/mol. The van der Waals surface area contributed by atoms with Crippen LogP contribution in [0.5, 0.6) is 0 Å². The molecule has 6 heteroatoms. The number of likely N-dealkylation sites (N-methyl/N-ethyl adjacent to an activating group) is 1. The van der Waals surface area contributed by atoms with Crippen LogP contribution in [-0.2, 0) is 4.74 Å². The van der Waals surface area contributed by atoms with Gasteiger partial charge in [0.15, 0.2) is 0 Å². The molecular weight excluding hydrogens is 260 g/mol. The van der Waals surface area contributed by atoms with Crippen molar-refractivity contribution in [3.05, 3.63) is 10.8 Å². The molecule has 0 radical (unpaired) electrons. The molecule has 0 bridgehead atoms. The molecule has 2 N–H and O–H groups in total. The Hall–Kier alpha value is -0.880. The summed E-state index contributed by atoms with van der Waals surface area (Å²) in [6.07, 6.45) is 1.45. The van der Waals surface area contributed by atoms with E-state index in [-0.39, 0.29) is 0 Å². The van der Waals surface area contributed by atoms with Gasteiger partial charge in [0.25, 0.3) is 0 Å². The van der Waals surface area contributed by atoms with Crippen molar-refractivity contribution < 1.29 is 4.74 Å². The predicted octanol–water partition coefficient (Wildman–Crippen LogP) is 1.29. The number of ether oxygens (including phenoxy) is 1. The molecule has 0 aliphatic carbocycles. The third-order valence-electron chi connectivity index (χ3n) is 1.93. The van der Waals surface area contributed by atoms with Crippen LogP contribution in [0.15, 0.2) is 10.8 Å². The van der Waals surface area contributed by atoms with Crippen LogP contribution >= 0.6 is 15.9 Å². The molecule has 1 rings (SSSR count). The summed E-state index contributed by atoms with van der Waals surface area (Å²) in [5, 5.41) is 0. The van der Waals surface area contributed by atoms with Gasteiger partial charge in [-0.3, -0.25) is 0 Å². The van der Waals surface area contributed by atoms with Crippen LogP contribution in [0.2, 0.25) is 0 Å². The monoisotopic (exact) mass is 274 g/mol. The first kappa shape index (κ1) is 12.2. The fourth-order valence-electron chi connectivity index (χ4n) is 1.09. The number of halogens is 1. The summed E-state index contributed by atoms with van der Waals surface area (Å²) in [5.41, 5.74) is 5.66. The fourth-order valence-corrected chi connectivity index (χ4v) is 1.60. The van der Waals surface area contributed by atoms with Gasteiger partial charge in [0.05, 0.1) is 6.61 Å². The van der Waals surface area contributed by atoms with Crippen molar-refractivity contribution in [3.8, 4) is 0 Å². The van der Waals surface area contributed by atoms with Crippen LogP contribution in [0.25, 0.3) is 0 Å². The molecule has 0 aliphatic rings. The third-order valence-corrected chi connectivity index (χ3v) is 2.70. The molecule has 0 aromatic carbocycles. The number of hydrogen-bond acceptors (Lipinski definition) is 5. The lowest BCUT2D eigenvalue weighted by Gasteiger charge is -2.19. The van der Waals surface area contributed by atoms with Gasteiger partial charge in [-0.25, -0.2) is 9.97 Å². The first-order valence-electron chi connectivity index (χ1n) is 4.71. The Kier molecular flexibility index (Phi) is 4.77. The molecule has 5 nitrogen and oxygen atoms in total. The van der Waals surface area contributed by atoms with Crippen LogP contribution in [0.1, 0.15) is 6.92 Å². The van der Waals surface area contributed by atoms with Gasteiger partial charge in [-0.05, 0) is 22.9 Å². The van der Waals surface area contributed by atoms with E-state index >= 15 is 0 Å². The van der Waals surface area contributed by atoms with E-state index in [2.05, 4.69) is 25.9 Å². The molecule has 84 valence electrons. The highest BCUT2D eigenvalue weighted by molar-refractivity contribution is 9.10. The number of rotatable bonds is 5. The number of nitrogen functional groups attached to an aromatic ring is 1. The highest BCUT2D eigenvalue weighted by Crippen LogP contribution is 2.26. The maximum absolute atomic E-state index is 5.66. The second kappa shape index (κ2) is 5.87. The van der Waals surface area contributed by atoms with Crippen LogP contribution in [0, 0.1) is 0 Å². The van der Waals surface area contributed by atoms with Gasteiger partial charge in [-0.1, -0.05) is 0 Å². The summed E-state index contributed by atoms with van der Waals surface area (Å²) in [5.74, 6) is 1.23. The third kappa shape index (κ3) is 3.32. The molecule has 1 aromatic rings. The van der Waals surface area contributed by atoms with Gasteiger partial charge < -0.3 is 15.4 Å². The van der Waals surface area contributed by atoms with E-state index in [1.165, 1.54) is 6.33 Å². The molecule has 0 aliphatic heterocycles. The minimum Gasteiger partial charge on any atom is -0.383 e.